The van der Waals surface area contributed by atoms with Gasteiger partial charge in [-0.15, -0.1) is 0 Å². The topological polar surface area (TPSA) is 18.5 Å². The summed E-state index contributed by atoms with van der Waals surface area (Å²) in [5.74, 6) is 1.90. The molecule has 0 aliphatic carbocycles. The zero-order valence-electron chi connectivity index (χ0n) is 10.7. The normalized spacial score (nSPS) is 8.53. The molecular formula is C14H14Br2HfO2. The van der Waals surface area contributed by atoms with Crippen LogP contribution in [0.15, 0.2) is 48.5 Å². The van der Waals surface area contributed by atoms with Crippen LogP contribution >= 0.6 is 0 Å². The second-order valence-electron chi connectivity index (χ2n) is 3.82. The Morgan fingerprint density at radius 1 is 0.684 bits per heavy atom. The van der Waals surface area contributed by atoms with E-state index in [4.69, 9.17) is 5.71 Å². The molecule has 0 aliphatic heterocycles. The van der Waals surface area contributed by atoms with E-state index >= 15 is 0 Å². The summed E-state index contributed by atoms with van der Waals surface area (Å²) in [6.07, 6.45) is 0. The maximum Gasteiger partial charge on any atom is -1.00 e. The molecule has 2 rings (SSSR count). The molecule has 0 bridgehead atoms. The van der Waals surface area contributed by atoms with Gasteiger partial charge in [0.1, 0.15) is 0 Å². The minimum atomic E-state index is -1.53. The SMILES string of the molecule is Cc1ccccc1[O][Hf+2][O]c1ccccc1C.[Br-].[Br-]. The van der Waals surface area contributed by atoms with Crippen LogP contribution in [-0.4, -0.2) is 0 Å². The van der Waals surface area contributed by atoms with Gasteiger partial charge in [-0.1, -0.05) is 0 Å². The Morgan fingerprint density at radius 3 is 1.42 bits per heavy atom. The fourth-order valence-corrected chi connectivity index (χ4v) is 3.89. The van der Waals surface area contributed by atoms with Crippen LogP contribution in [-0.2, 0) is 23.8 Å². The molecule has 0 N–H and O–H groups in total. The Balaban J connectivity index is 0.00000162. The molecule has 2 aromatic carbocycles. The van der Waals surface area contributed by atoms with E-state index in [1.807, 2.05) is 62.4 Å². The molecule has 0 aromatic heterocycles. The van der Waals surface area contributed by atoms with Crippen molar-refractivity contribution in [3.63, 3.8) is 0 Å². The second-order valence-corrected chi connectivity index (χ2v) is 5.88. The number of hydrogen-bond donors (Lipinski definition) is 0. The van der Waals surface area contributed by atoms with E-state index in [1.165, 1.54) is 0 Å². The molecule has 0 radical (unpaired) electrons. The quantitative estimate of drug-likeness (QED) is 0.397. The van der Waals surface area contributed by atoms with Gasteiger partial charge in [-0.2, -0.15) is 0 Å². The van der Waals surface area contributed by atoms with Crippen LogP contribution in [0, 0.1) is 13.8 Å². The van der Waals surface area contributed by atoms with Gasteiger partial charge in [0.05, 0.1) is 0 Å². The summed E-state index contributed by atoms with van der Waals surface area (Å²) >= 11 is -1.53. The summed E-state index contributed by atoms with van der Waals surface area (Å²) < 4.78 is 11.5. The Labute approximate surface area is 147 Å². The summed E-state index contributed by atoms with van der Waals surface area (Å²) in [6.45, 7) is 4.10. The molecule has 0 heterocycles. The largest absolute Gasteiger partial charge is 1.00 e. The fraction of sp³-hybridized carbons (Fsp3) is 0.143. The van der Waals surface area contributed by atoms with Crippen molar-refractivity contribution in [2.75, 3.05) is 0 Å². The van der Waals surface area contributed by atoms with Gasteiger partial charge in [0.15, 0.2) is 0 Å². The van der Waals surface area contributed by atoms with Gasteiger partial charge in [-0.05, 0) is 0 Å². The van der Waals surface area contributed by atoms with Crippen molar-refractivity contribution in [1.29, 1.82) is 0 Å². The number of halogens is 2. The first-order valence-corrected chi connectivity index (χ1v) is 8.40. The molecule has 2 nitrogen and oxygen atoms in total. The molecule has 0 unspecified atom stereocenters. The smallest absolute Gasteiger partial charge is 1.00 e. The zero-order valence-corrected chi connectivity index (χ0v) is 17.5. The maximum absolute atomic E-state index is 5.77. The maximum atomic E-state index is 5.77. The third kappa shape index (κ3) is 5.79. The number of aryl methyl sites for hydroxylation is 2. The molecule has 0 fully saturated rings. The summed E-state index contributed by atoms with van der Waals surface area (Å²) in [5.41, 5.74) is 2.32. The molecule has 0 spiro atoms. The summed E-state index contributed by atoms with van der Waals surface area (Å²) in [5, 5.41) is 0. The van der Waals surface area contributed by atoms with Crippen molar-refractivity contribution in [3.05, 3.63) is 59.7 Å². The molecule has 0 amide bonds. The van der Waals surface area contributed by atoms with Crippen molar-refractivity contribution in [3.8, 4) is 11.5 Å². The van der Waals surface area contributed by atoms with Crippen molar-refractivity contribution in [2.45, 2.75) is 13.8 Å². The molecule has 0 saturated heterocycles. The number of hydrogen-bond acceptors (Lipinski definition) is 2. The first-order chi connectivity index (χ1) is 8.27. The first-order valence-electron chi connectivity index (χ1n) is 5.47. The minimum Gasteiger partial charge on any atom is -1.00 e. The Bertz CT molecular complexity index is 461. The Morgan fingerprint density at radius 2 is 1.05 bits per heavy atom. The van der Waals surface area contributed by atoms with E-state index in [0.717, 1.165) is 22.6 Å². The van der Waals surface area contributed by atoms with Crippen molar-refractivity contribution < 1.29 is 63.5 Å². The van der Waals surface area contributed by atoms with Crippen molar-refractivity contribution in [1.82, 2.24) is 0 Å². The van der Waals surface area contributed by atoms with E-state index in [1.54, 1.807) is 0 Å². The molecule has 5 heteroatoms. The van der Waals surface area contributed by atoms with Gasteiger partial charge in [0.25, 0.3) is 0 Å². The summed E-state index contributed by atoms with van der Waals surface area (Å²) in [6, 6.07) is 16.1. The zero-order chi connectivity index (χ0) is 12.1. The average Bonchev–Trinajstić information content (AvgIpc) is 2.34. The molecule has 100 valence electrons. The van der Waals surface area contributed by atoms with Gasteiger partial charge >= 0.3 is 114 Å². The predicted molar refractivity (Wildman–Crippen MR) is 63.6 cm³/mol. The molecule has 0 atom stereocenters. The van der Waals surface area contributed by atoms with Crippen LogP contribution in [0.5, 0.6) is 11.5 Å². The Hall–Kier alpha value is -0.130. The van der Waals surface area contributed by atoms with Crippen LogP contribution in [0.4, 0.5) is 0 Å². The van der Waals surface area contributed by atoms with Crippen LogP contribution < -0.4 is 39.7 Å². The fourth-order valence-electron chi connectivity index (χ4n) is 1.45. The molecule has 2 aromatic rings. The second kappa shape index (κ2) is 9.72. The Kier molecular flexibility index (Phi) is 9.66. The number of rotatable bonds is 4. The van der Waals surface area contributed by atoms with Crippen molar-refractivity contribution in [2.24, 2.45) is 0 Å². The van der Waals surface area contributed by atoms with E-state index in [-0.39, 0.29) is 34.0 Å². The minimum absolute atomic E-state index is 0. The monoisotopic (exact) mass is 552 g/mol. The molecule has 0 aliphatic rings. The van der Waals surface area contributed by atoms with Crippen LogP contribution in [0.25, 0.3) is 0 Å². The molecule has 0 saturated carbocycles. The molecular weight excluding hydrogens is 538 g/mol. The van der Waals surface area contributed by atoms with Crippen LogP contribution in [0.1, 0.15) is 11.1 Å². The van der Waals surface area contributed by atoms with Crippen molar-refractivity contribution >= 4 is 0 Å². The van der Waals surface area contributed by atoms with Gasteiger partial charge in [-0.3, -0.25) is 0 Å². The van der Waals surface area contributed by atoms with Gasteiger partial charge in [-0.25, -0.2) is 0 Å². The van der Waals surface area contributed by atoms with Gasteiger partial charge in [0.2, 0.25) is 0 Å². The van der Waals surface area contributed by atoms with Gasteiger partial charge in [0, 0.05) is 0 Å². The number of para-hydroxylation sites is 2. The van der Waals surface area contributed by atoms with Gasteiger partial charge < -0.3 is 34.0 Å². The predicted octanol–water partition coefficient (Wildman–Crippen LogP) is -2.32. The standard InChI is InChI=1S/2C7H8O.2BrH.Hf/c2*1-6-4-2-3-5-7(6)8;;;/h2*2-5,8H,1H3;2*1H;/q;;;;+4/p-4. The van der Waals surface area contributed by atoms with Crippen LogP contribution in [0.3, 0.4) is 0 Å². The molecule has 19 heavy (non-hydrogen) atoms. The van der Waals surface area contributed by atoms with E-state index in [9.17, 15) is 0 Å². The van der Waals surface area contributed by atoms with Crippen LogP contribution in [0.2, 0.25) is 0 Å². The first kappa shape index (κ1) is 18.9. The van der Waals surface area contributed by atoms with E-state index in [2.05, 4.69) is 0 Å². The van der Waals surface area contributed by atoms with E-state index in [0.29, 0.717) is 0 Å². The summed E-state index contributed by atoms with van der Waals surface area (Å²) in [4.78, 5) is 0. The average molecular weight is 553 g/mol. The third-order valence-electron chi connectivity index (χ3n) is 2.49. The summed E-state index contributed by atoms with van der Waals surface area (Å²) in [7, 11) is 0. The third-order valence-corrected chi connectivity index (χ3v) is 4.67. The van der Waals surface area contributed by atoms with E-state index < -0.39 is 23.8 Å². The number of benzene rings is 2.